The Morgan fingerprint density at radius 1 is 0.973 bits per heavy atom. The lowest BCUT2D eigenvalue weighted by Crippen LogP contribution is -2.25. The van der Waals surface area contributed by atoms with Crippen LogP contribution in [0, 0.1) is 12.3 Å². The predicted molar refractivity (Wildman–Crippen MR) is 152 cm³/mol. The standard InChI is InChI=1S/C31H39NO4S/c1-20-18-23(12-13-24(20)21-8-10-22(11-9-21)31(5,6)7)36-25(19-30(2,3)4)26-14-15-27(37-26)29(35)32-17-16-28(33)34/h8-15,18,25H,16-17,19H2,1-7H3,(H,32,35)(H,33,34). The first-order chi connectivity index (χ1) is 17.2. The molecule has 37 heavy (non-hydrogen) atoms. The van der Waals surface area contributed by atoms with Crippen LogP contribution in [0.3, 0.4) is 0 Å². The first-order valence-corrected chi connectivity index (χ1v) is 13.5. The van der Waals surface area contributed by atoms with E-state index in [1.54, 1.807) is 6.07 Å². The number of nitrogens with one attached hydrogen (secondary N) is 1. The van der Waals surface area contributed by atoms with E-state index in [0.29, 0.717) is 4.88 Å². The molecule has 1 atom stereocenters. The van der Waals surface area contributed by atoms with Gasteiger partial charge in [-0.05, 0) is 70.7 Å². The van der Waals surface area contributed by atoms with E-state index in [4.69, 9.17) is 9.84 Å². The summed E-state index contributed by atoms with van der Waals surface area (Å²) >= 11 is 1.39. The molecule has 3 rings (SSSR count). The van der Waals surface area contributed by atoms with Crippen LogP contribution in [0.5, 0.6) is 5.75 Å². The number of amides is 1. The zero-order valence-corrected chi connectivity index (χ0v) is 23.8. The molecule has 2 N–H and O–H groups in total. The fourth-order valence-electron chi connectivity index (χ4n) is 4.12. The Hall–Kier alpha value is -3.12. The Morgan fingerprint density at radius 2 is 1.65 bits per heavy atom. The maximum absolute atomic E-state index is 12.5. The van der Waals surface area contributed by atoms with Gasteiger partial charge in [0.2, 0.25) is 0 Å². The molecule has 198 valence electrons. The predicted octanol–water partition coefficient (Wildman–Crippen LogP) is 7.78. The van der Waals surface area contributed by atoms with Crippen LogP contribution in [0.4, 0.5) is 0 Å². The van der Waals surface area contributed by atoms with Crippen molar-refractivity contribution in [2.45, 2.75) is 72.8 Å². The number of carbonyl (C=O) groups excluding carboxylic acids is 1. The van der Waals surface area contributed by atoms with E-state index in [1.807, 2.05) is 12.1 Å². The number of hydrogen-bond acceptors (Lipinski definition) is 4. The number of carboxylic acids is 1. The maximum Gasteiger partial charge on any atom is 0.305 e. The number of carboxylic acid groups (broad SMARTS) is 1. The highest BCUT2D eigenvalue weighted by atomic mass is 32.1. The van der Waals surface area contributed by atoms with Crippen LogP contribution in [0.25, 0.3) is 11.1 Å². The smallest absolute Gasteiger partial charge is 0.305 e. The van der Waals surface area contributed by atoms with Crippen LogP contribution in [0.2, 0.25) is 0 Å². The lowest BCUT2D eigenvalue weighted by Gasteiger charge is -2.26. The molecule has 0 aliphatic rings. The molecule has 0 aliphatic heterocycles. The third kappa shape index (κ3) is 8.19. The maximum atomic E-state index is 12.5. The van der Waals surface area contributed by atoms with Gasteiger partial charge >= 0.3 is 5.97 Å². The molecule has 3 aromatic rings. The van der Waals surface area contributed by atoms with Gasteiger partial charge in [-0.2, -0.15) is 0 Å². The number of hydrogen-bond donors (Lipinski definition) is 2. The van der Waals surface area contributed by atoms with Crippen molar-refractivity contribution in [2.24, 2.45) is 5.41 Å². The molecule has 0 spiro atoms. The van der Waals surface area contributed by atoms with Crippen LogP contribution in [0.15, 0.2) is 54.6 Å². The molecule has 1 aromatic heterocycles. The second-order valence-electron chi connectivity index (χ2n) is 11.8. The highest BCUT2D eigenvalue weighted by Crippen LogP contribution is 2.38. The molecule has 5 nitrogen and oxygen atoms in total. The molecule has 2 aromatic carbocycles. The van der Waals surface area contributed by atoms with Crippen LogP contribution >= 0.6 is 11.3 Å². The summed E-state index contributed by atoms with van der Waals surface area (Å²) < 4.78 is 6.52. The largest absolute Gasteiger partial charge is 0.485 e. The van der Waals surface area contributed by atoms with Crippen molar-refractivity contribution in [3.8, 4) is 16.9 Å². The lowest BCUT2D eigenvalue weighted by molar-refractivity contribution is -0.136. The van der Waals surface area contributed by atoms with E-state index in [2.05, 4.69) is 90.2 Å². The van der Waals surface area contributed by atoms with Crippen molar-refractivity contribution in [3.05, 3.63) is 75.5 Å². The summed E-state index contributed by atoms with van der Waals surface area (Å²) in [5.74, 6) is -0.401. The molecule has 0 aliphatic carbocycles. The average molecular weight is 522 g/mol. The van der Waals surface area contributed by atoms with E-state index >= 15 is 0 Å². The van der Waals surface area contributed by atoms with Crippen molar-refractivity contribution in [1.29, 1.82) is 0 Å². The fourth-order valence-corrected chi connectivity index (χ4v) is 5.08. The number of thiophene rings is 1. The number of ether oxygens (including phenoxy) is 1. The Kier molecular flexibility index (Phi) is 8.85. The van der Waals surface area contributed by atoms with Gasteiger partial charge in [-0.1, -0.05) is 71.9 Å². The number of carbonyl (C=O) groups is 2. The van der Waals surface area contributed by atoms with Gasteiger partial charge in [-0.3, -0.25) is 9.59 Å². The van der Waals surface area contributed by atoms with E-state index < -0.39 is 5.97 Å². The molecule has 0 bridgehead atoms. The molecule has 0 saturated heterocycles. The first-order valence-electron chi connectivity index (χ1n) is 12.7. The molecule has 0 fully saturated rings. The second kappa shape index (κ2) is 11.5. The van der Waals surface area contributed by atoms with Crippen molar-refractivity contribution < 1.29 is 19.4 Å². The van der Waals surface area contributed by atoms with Gasteiger partial charge in [0.1, 0.15) is 11.9 Å². The Balaban J connectivity index is 1.79. The average Bonchev–Trinajstić information content (AvgIpc) is 3.28. The highest BCUT2D eigenvalue weighted by Gasteiger charge is 2.25. The fraction of sp³-hybridized carbons (Fsp3) is 0.419. The summed E-state index contributed by atoms with van der Waals surface area (Å²) in [6.07, 6.45) is 0.472. The normalized spacial score (nSPS) is 12.7. The molecular formula is C31H39NO4S. The van der Waals surface area contributed by atoms with E-state index in [9.17, 15) is 9.59 Å². The summed E-state index contributed by atoms with van der Waals surface area (Å²) in [5, 5.41) is 11.5. The SMILES string of the molecule is Cc1cc(OC(CC(C)(C)C)c2ccc(C(=O)NCCC(=O)O)s2)ccc1-c1ccc(C(C)(C)C)cc1. The third-order valence-electron chi connectivity index (χ3n) is 6.13. The van der Waals surface area contributed by atoms with Gasteiger partial charge in [0.25, 0.3) is 5.91 Å². The monoisotopic (exact) mass is 521 g/mol. The molecule has 6 heteroatoms. The van der Waals surface area contributed by atoms with Crippen LogP contribution in [-0.2, 0) is 10.2 Å². The molecular weight excluding hydrogens is 482 g/mol. The van der Waals surface area contributed by atoms with E-state index in [1.165, 1.54) is 28.0 Å². The van der Waals surface area contributed by atoms with Crippen molar-refractivity contribution >= 4 is 23.2 Å². The number of rotatable bonds is 9. The Morgan fingerprint density at radius 3 is 2.22 bits per heavy atom. The third-order valence-corrected chi connectivity index (χ3v) is 7.30. The van der Waals surface area contributed by atoms with Gasteiger partial charge < -0.3 is 15.2 Å². The highest BCUT2D eigenvalue weighted by molar-refractivity contribution is 7.14. The number of aliphatic carboxylic acids is 1. The van der Waals surface area contributed by atoms with Gasteiger partial charge in [0.05, 0.1) is 11.3 Å². The van der Waals surface area contributed by atoms with Gasteiger partial charge in [0, 0.05) is 11.4 Å². The quantitative estimate of drug-likeness (QED) is 0.301. The van der Waals surface area contributed by atoms with Crippen LogP contribution in [-0.4, -0.2) is 23.5 Å². The van der Waals surface area contributed by atoms with Gasteiger partial charge in [0.15, 0.2) is 0 Å². The molecule has 1 amide bonds. The minimum absolute atomic E-state index is 0.0162. The van der Waals surface area contributed by atoms with Crippen molar-refractivity contribution in [2.75, 3.05) is 6.54 Å². The van der Waals surface area contributed by atoms with Gasteiger partial charge in [-0.15, -0.1) is 11.3 Å². The summed E-state index contributed by atoms with van der Waals surface area (Å²) in [4.78, 5) is 24.7. The Bertz CT molecular complexity index is 1230. The van der Waals surface area contributed by atoms with E-state index in [0.717, 1.165) is 22.6 Å². The summed E-state index contributed by atoms with van der Waals surface area (Å²) in [6, 6.07) is 18.7. The minimum Gasteiger partial charge on any atom is -0.485 e. The zero-order valence-electron chi connectivity index (χ0n) is 23.0. The summed E-state index contributed by atoms with van der Waals surface area (Å²) in [7, 11) is 0. The lowest BCUT2D eigenvalue weighted by atomic mass is 9.86. The summed E-state index contributed by atoms with van der Waals surface area (Å²) in [6.45, 7) is 15.4. The summed E-state index contributed by atoms with van der Waals surface area (Å²) in [5.41, 5.74) is 4.94. The Labute approximate surface area is 224 Å². The molecule has 1 heterocycles. The van der Waals surface area contributed by atoms with Crippen LogP contribution < -0.4 is 10.1 Å². The number of aryl methyl sites for hydroxylation is 1. The minimum atomic E-state index is -0.936. The van der Waals surface area contributed by atoms with Gasteiger partial charge in [-0.25, -0.2) is 0 Å². The van der Waals surface area contributed by atoms with Crippen molar-refractivity contribution in [3.63, 3.8) is 0 Å². The first kappa shape index (κ1) is 28.5. The van der Waals surface area contributed by atoms with Crippen LogP contribution in [0.1, 0.15) is 86.2 Å². The second-order valence-corrected chi connectivity index (χ2v) is 12.9. The molecule has 0 radical (unpaired) electrons. The number of benzene rings is 2. The molecule has 1 unspecified atom stereocenters. The van der Waals surface area contributed by atoms with Crippen molar-refractivity contribution in [1.82, 2.24) is 5.32 Å². The topological polar surface area (TPSA) is 75.6 Å². The molecule has 0 saturated carbocycles. The zero-order chi connectivity index (χ0) is 27.4. The van der Waals surface area contributed by atoms with E-state index in [-0.39, 0.29) is 35.8 Å².